The summed E-state index contributed by atoms with van der Waals surface area (Å²) < 4.78 is 30.0. The third-order valence-corrected chi connectivity index (χ3v) is 5.81. The maximum atomic E-state index is 14.4. The van der Waals surface area contributed by atoms with Crippen molar-refractivity contribution in [1.82, 2.24) is 24.3 Å². The lowest BCUT2D eigenvalue weighted by Gasteiger charge is -2.09. The second-order valence-corrected chi connectivity index (χ2v) is 7.82. The van der Waals surface area contributed by atoms with E-state index in [1.165, 1.54) is 12.1 Å². The number of benzene rings is 2. The summed E-state index contributed by atoms with van der Waals surface area (Å²) in [5.41, 5.74) is 6.19. The van der Waals surface area contributed by atoms with Gasteiger partial charge in [-0.1, -0.05) is 24.3 Å². The smallest absolute Gasteiger partial charge is 0.169 e. The number of rotatable bonds is 3. The zero-order valence-electron chi connectivity index (χ0n) is 17.6. The number of imidazole rings is 2. The third-order valence-electron chi connectivity index (χ3n) is 5.81. The molecular weight excluding hydrogens is 420 g/mol. The number of pyridine rings is 2. The molecule has 0 amide bonds. The number of hydrogen-bond acceptors (Lipinski definition) is 3. The highest BCUT2D eigenvalue weighted by atomic mass is 19.2. The predicted octanol–water partition coefficient (Wildman–Crippen LogP) is 6.19. The molecule has 4 heterocycles. The van der Waals surface area contributed by atoms with Crippen molar-refractivity contribution in [3.05, 3.63) is 96.6 Å². The molecule has 0 unspecified atom stereocenters. The molecule has 6 aromatic rings. The first-order valence-corrected chi connectivity index (χ1v) is 10.4. The minimum Gasteiger partial charge on any atom is -0.338 e. The Balaban J connectivity index is 1.51. The van der Waals surface area contributed by atoms with Gasteiger partial charge in [-0.15, -0.1) is 0 Å². The first-order chi connectivity index (χ1) is 16.1. The molecule has 0 atom stereocenters. The van der Waals surface area contributed by atoms with Crippen molar-refractivity contribution in [2.45, 2.75) is 6.92 Å². The summed E-state index contributed by atoms with van der Waals surface area (Å²) >= 11 is 0. The molecule has 0 aliphatic carbocycles. The molecule has 2 aromatic carbocycles. The monoisotopic (exact) mass is 437 g/mol. The Labute approximate surface area is 187 Å². The number of aryl methyl sites for hydroxylation is 1. The van der Waals surface area contributed by atoms with Crippen LogP contribution in [0.2, 0.25) is 0 Å². The summed E-state index contributed by atoms with van der Waals surface area (Å²) in [5, 5.41) is 0. The molecule has 0 aliphatic heterocycles. The number of H-pyrrole nitrogens is 1. The van der Waals surface area contributed by atoms with E-state index in [9.17, 15) is 8.78 Å². The molecule has 0 aliphatic rings. The lowest BCUT2D eigenvalue weighted by Crippen LogP contribution is -1.96. The van der Waals surface area contributed by atoms with Gasteiger partial charge in [0, 0.05) is 34.8 Å². The minimum absolute atomic E-state index is 0.108. The van der Waals surface area contributed by atoms with Crippen LogP contribution in [0.3, 0.4) is 0 Å². The molecule has 0 saturated carbocycles. The average molecular weight is 437 g/mol. The van der Waals surface area contributed by atoms with Crippen LogP contribution in [-0.2, 0) is 0 Å². The van der Waals surface area contributed by atoms with E-state index in [2.05, 4.69) is 15.0 Å². The number of nitrogens with zero attached hydrogens (tertiary/aromatic N) is 4. The molecule has 0 fully saturated rings. The van der Waals surface area contributed by atoms with E-state index in [4.69, 9.17) is 4.98 Å². The highest BCUT2D eigenvalue weighted by Gasteiger charge is 2.17. The fourth-order valence-electron chi connectivity index (χ4n) is 4.14. The summed E-state index contributed by atoms with van der Waals surface area (Å²) in [5.74, 6) is -0.745. The van der Waals surface area contributed by atoms with Gasteiger partial charge in [0.15, 0.2) is 11.6 Å². The molecule has 6 rings (SSSR count). The predicted molar refractivity (Wildman–Crippen MR) is 124 cm³/mol. The van der Waals surface area contributed by atoms with E-state index in [1.54, 1.807) is 23.0 Å². The van der Waals surface area contributed by atoms with Gasteiger partial charge in [0.05, 0.1) is 28.3 Å². The number of aromatic amines is 1. The maximum Gasteiger partial charge on any atom is 0.169 e. The number of halogens is 2. The molecule has 0 bridgehead atoms. The number of aromatic nitrogens is 5. The topological polar surface area (TPSA) is 58.9 Å². The number of para-hydroxylation sites is 2. The van der Waals surface area contributed by atoms with Gasteiger partial charge in [0.25, 0.3) is 0 Å². The van der Waals surface area contributed by atoms with Crippen LogP contribution >= 0.6 is 0 Å². The van der Waals surface area contributed by atoms with Crippen molar-refractivity contribution in [1.29, 1.82) is 0 Å². The summed E-state index contributed by atoms with van der Waals surface area (Å²) in [6, 6.07) is 17.8. The summed E-state index contributed by atoms with van der Waals surface area (Å²) in [6.45, 7) is 1.94. The van der Waals surface area contributed by atoms with Gasteiger partial charge in [-0.05, 0) is 43.3 Å². The first-order valence-electron chi connectivity index (χ1n) is 10.4. The molecule has 1 N–H and O–H groups in total. The van der Waals surface area contributed by atoms with E-state index in [1.807, 2.05) is 49.4 Å². The summed E-state index contributed by atoms with van der Waals surface area (Å²) in [7, 11) is 0. The Morgan fingerprint density at radius 3 is 2.58 bits per heavy atom. The standard InChI is InChI=1S/C26H17F2N5/c1-15-19(25-31-21-9-2-3-10-22(21)32-25)12-16(13-29-15)17-7-5-11-33-23(17)14-30-26(33)18-6-4-8-20(27)24(18)28/h2-14H,1H3,(H,31,32). The van der Waals surface area contributed by atoms with E-state index in [-0.39, 0.29) is 5.56 Å². The van der Waals surface area contributed by atoms with Crippen molar-refractivity contribution in [2.75, 3.05) is 0 Å². The highest BCUT2D eigenvalue weighted by molar-refractivity contribution is 5.85. The van der Waals surface area contributed by atoms with Gasteiger partial charge in [-0.25, -0.2) is 18.7 Å². The van der Waals surface area contributed by atoms with Gasteiger partial charge in [-0.2, -0.15) is 0 Å². The Morgan fingerprint density at radius 2 is 1.70 bits per heavy atom. The molecule has 33 heavy (non-hydrogen) atoms. The zero-order valence-corrected chi connectivity index (χ0v) is 17.6. The van der Waals surface area contributed by atoms with E-state index < -0.39 is 11.6 Å². The van der Waals surface area contributed by atoms with Crippen molar-refractivity contribution < 1.29 is 8.78 Å². The van der Waals surface area contributed by atoms with Crippen LogP contribution in [-0.4, -0.2) is 24.3 Å². The van der Waals surface area contributed by atoms with Gasteiger partial charge in [0.2, 0.25) is 0 Å². The van der Waals surface area contributed by atoms with Crippen LogP contribution in [0.15, 0.2) is 79.3 Å². The molecule has 5 nitrogen and oxygen atoms in total. The maximum absolute atomic E-state index is 14.4. The van der Waals surface area contributed by atoms with Crippen molar-refractivity contribution in [2.24, 2.45) is 0 Å². The molecule has 0 spiro atoms. The van der Waals surface area contributed by atoms with Crippen molar-refractivity contribution in [3.8, 4) is 33.9 Å². The molecule has 7 heteroatoms. The normalized spacial score (nSPS) is 11.5. The third kappa shape index (κ3) is 3.09. The largest absolute Gasteiger partial charge is 0.338 e. The van der Waals surface area contributed by atoms with Gasteiger partial charge < -0.3 is 4.98 Å². The number of hydrogen-bond donors (Lipinski definition) is 1. The fraction of sp³-hybridized carbons (Fsp3) is 0.0385. The Kier molecular flexibility index (Phi) is 4.29. The Hall–Kier alpha value is -4.39. The van der Waals surface area contributed by atoms with E-state index in [0.29, 0.717) is 5.82 Å². The van der Waals surface area contributed by atoms with Gasteiger partial charge in [-0.3, -0.25) is 9.38 Å². The lowest BCUT2D eigenvalue weighted by atomic mass is 10.0. The summed E-state index contributed by atoms with van der Waals surface area (Å²) in [4.78, 5) is 17.1. The van der Waals surface area contributed by atoms with E-state index >= 15 is 0 Å². The summed E-state index contributed by atoms with van der Waals surface area (Å²) in [6.07, 6.45) is 5.25. The van der Waals surface area contributed by atoms with Gasteiger partial charge in [0.1, 0.15) is 11.6 Å². The average Bonchev–Trinajstić information content (AvgIpc) is 3.45. The van der Waals surface area contributed by atoms with Crippen molar-refractivity contribution in [3.63, 3.8) is 0 Å². The van der Waals surface area contributed by atoms with Crippen LogP contribution in [0.4, 0.5) is 8.78 Å². The highest BCUT2D eigenvalue weighted by Crippen LogP contribution is 2.32. The zero-order chi connectivity index (χ0) is 22.5. The Bertz CT molecular complexity index is 1630. The van der Waals surface area contributed by atoms with Crippen LogP contribution in [0.1, 0.15) is 5.69 Å². The molecular formula is C26H17F2N5. The quantitative estimate of drug-likeness (QED) is 0.359. The van der Waals surface area contributed by atoms with E-state index in [0.717, 1.165) is 50.8 Å². The number of nitrogens with one attached hydrogen (secondary N) is 1. The van der Waals surface area contributed by atoms with Crippen LogP contribution in [0.25, 0.3) is 50.5 Å². The fourth-order valence-corrected chi connectivity index (χ4v) is 4.14. The number of fused-ring (bicyclic) bond motifs is 2. The van der Waals surface area contributed by atoms with Crippen LogP contribution in [0, 0.1) is 18.6 Å². The second-order valence-electron chi connectivity index (χ2n) is 7.82. The Morgan fingerprint density at radius 1 is 0.848 bits per heavy atom. The molecule has 160 valence electrons. The SMILES string of the molecule is Cc1ncc(-c2cccn3c(-c4cccc(F)c4F)ncc23)cc1-c1nc2ccccc2[nH]1. The van der Waals surface area contributed by atoms with Crippen LogP contribution in [0.5, 0.6) is 0 Å². The second kappa shape index (κ2) is 7.34. The first kappa shape index (κ1) is 19.3. The minimum atomic E-state index is -0.917. The molecule has 4 aromatic heterocycles. The van der Waals surface area contributed by atoms with Gasteiger partial charge >= 0.3 is 0 Å². The van der Waals surface area contributed by atoms with Crippen LogP contribution < -0.4 is 0 Å². The lowest BCUT2D eigenvalue weighted by molar-refractivity contribution is 0.510. The molecule has 0 radical (unpaired) electrons. The van der Waals surface area contributed by atoms with Crippen molar-refractivity contribution >= 4 is 16.6 Å². The molecule has 0 saturated heterocycles.